The number of ether oxygens (including phenoxy) is 3. The zero-order valence-electron chi connectivity index (χ0n) is 26.0. The Balaban J connectivity index is 1.41. The van der Waals surface area contributed by atoms with E-state index in [2.05, 4.69) is 37.7 Å². The first-order valence-corrected chi connectivity index (χ1v) is 15.4. The minimum Gasteiger partial charge on any atom is -0.492 e. The Morgan fingerprint density at radius 1 is 0.750 bits per heavy atom. The van der Waals surface area contributed by atoms with Crippen LogP contribution in [0.3, 0.4) is 0 Å². The number of nitrogens with one attached hydrogen (secondary N) is 2. The highest BCUT2D eigenvalue weighted by Gasteiger charge is 2.18. The van der Waals surface area contributed by atoms with Gasteiger partial charge in [-0.25, -0.2) is 0 Å². The number of nitrogens with zero attached hydrogens (tertiary/aromatic N) is 5. The van der Waals surface area contributed by atoms with Crippen LogP contribution in [0.1, 0.15) is 30.7 Å². The fourth-order valence-corrected chi connectivity index (χ4v) is 5.39. The molecule has 0 bridgehead atoms. The molecule has 0 atom stereocenters. The Kier molecular flexibility index (Phi) is 9.24. The maximum absolute atomic E-state index is 10.1. The number of rotatable bonds is 11. The van der Waals surface area contributed by atoms with E-state index in [0.29, 0.717) is 96.9 Å². The summed E-state index contributed by atoms with van der Waals surface area (Å²) in [5.74, 6) is 1.50. The molecule has 0 aliphatic rings. The second-order valence-corrected chi connectivity index (χ2v) is 10.9. The van der Waals surface area contributed by atoms with Crippen LogP contribution in [0.25, 0.3) is 21.8 Å². The van der Waals surface area contributed by atoms with E-state index in [9.17, 15) is 10.5 Å². The van der Waals surface area contributed by atoms with Crippen molar-refractivity contribution in [3.8, 4) is 29.4 Å². The predicted octanol–water partition coefficient (Wildman–Crippen LogP) is 8.02. The third-order valence-electron chi connectivity index (χ3n) is 7.37. The minimum absolute atomic E-state index is 0.263. The number of pyridine rings is 3. The maximum Gasteiger partial charge on any atom is 0.144 e. The van der Waals surface area contributed by atoms with Gasteiger partial charge < -0.3 is 30.6 Å². The van der Waals surface area contributed by atoms with Gasteiger partial charge in [0.15, 0.2) is 0 Å². The Hall–Kier alpha value is -6.30. The number of nitrogens with two attached hydrogens (primary N) is 1. The lowest BCUT2D eigenvalue weighted by Gasteiger charge is -2.19. The monoisotopic (exact) mass is 656 g/mol. The summed E-state index contributed by atoms with van der Waals surface area (Å²) < 4.78 is 17.5. The fourth-order valence-electron chi connectivity index (χ4n) is 5.16. The molecule has 0 aliphatic heterocycles. The normalized spacial score (nSPS) is 10.7. The number of aromatic nitrogens is 3. The average molecular weight is 657 g/mol. The third kappa shape index (κ3) is 6.49. The van der Waals surface area contributed by atoms with Gasteiger partial charge in [-0.3, -0.25) is 15.0 Å². The molecule has 0 amide bonds. The molecule has 0 saturated heterocycles. The number of halogens is 1. The van der Waals surface area contributed by atoms with Crippen molar-refractivity contribution in [2.75, 3.05) is 29.6 Å². The van der Waals surface area contributed by atoms with E-state index >= 15 is 0 Å². The molecule has 0 radical (unpaired) electrons. The summed E-state index contributed by atoms with van der Waals surface area (Å²) in [6, 6.07) is 22.4. The van der Waals surface area contributed by atoms with Crippen LogP contribution in [0.4, 0.5) is 28.4 Å². The van der Waals surface area contributed by atoms with E-state index in [4.69, 9.17) is 31.5 Å². The zero-order chi connectivity index (χ0) is 33.6. The molecule has 0 fully saturated rings. The molecule has 238 valence electrons. The van der Waals surface area contributed by atoms with Gasteiger partial charge in [-0.1, -0.05) is 17.7 Å². The van der Waals surface area contributed by atoms with Crippen molar-refractivity contribution < 1.29 is 14.2 Å². The lowest BCUT2D eigenvalue weighted by Crippen LogP contribution is -2.04. The molecule has 0 spiro atoms. The molecule has 0 unspecified atom stereocenters. The van der Waals surface area contributed by atoms with Crippen molar-refractivity contribution >= 4 is 61.8 Å². The first kappa shape index (κ1) is 31.7. The van der Waals surface area contributed by atoms with Gasteiger partial charge in [-0.15, -0.1) is 0 Å². The quantitative estimate of drug-likeness (QED) is 0.116. The van der Waals surface area contributed by atoms with E-state index in [1.165, 1.54) is 12.4 Å². The highest BCUT2D eigenvalue weighted by molar-refractivity contribution is 6.32. The molecule has 3 aromatic carbocycles. The third-order valence-corrected chi connectivity index (χ3v) is 7.67. The first-order valence-electron chi connectivity index (χ1n) is 15.0. The van der Waals surface area contributed by atoms with E-state index in [0.717, 1.165) is 5.69 Å². The van der Waals surface area contributed by atoms with Crippen LogP contribution in [0, 0.1) is 22.7 Å². The molecule has 48 heavy (non-hydrogen) atoms. The lowest BCUT2D eigenvalue weighted by atomic mass is 10.1. The van der Waals surface area contributed by atoms with Crippen LogP contribution in [-0.2, 0) is 6.61 Å². The van der Waals surface area contributed by atoms with Crippen LogP contribution in [0.5, 0.6) is 17.2 Å². The molecule has 4 N–H and O–H groups in total. The summed E-state index contributed by atoms with van der Waals surface area (Å²) in [5, 5.41) is 28.5. The van der Waals surface area contributed by atoms with E-state index in [1.807, 2.05) is 44.2 Å². The lowest BCUT2D eigenvalue weighted by molar-refractivity contribution is 0.301. The molecule has 3 heterocycles. The standard InChI is InChI=1S/C36H29ClN8O3/c1-3-46-33-14-29-25(12-28(33)40)36(22(17-39)19-42-29)45-31-13-26-30(15-34(31)47-4-2)43-18-21(16-38)35(26)44-23-8-9-32(27(37)11-23)48-20-24-7-5-6-10-41-24/h5-15,18-19H,3-4,20,40H2,1-2H3,(H,42,45)(H,43,44). The molecule has 12 heteroatoms. The Morgan fingerprint density at radius 2 is 1.42 bits per heavy atom. The van der Waals surface area contributed by atoms with Crippen LogP contribution >= 0.6 is 11.6 Å². The number of nitrogen functional groups attached to an aromatic ring is 1. The molecule has 3 aromatic heterocycles. The Bertz CT molecular complexity index is 2230. The smallest absolute Gasteiger partial charge is 0.144 e. The molecule has 11 nitrogen and oxygen atoms in total. The van der Waals surface area contributed by atoms with Crippen molar-refractivity contribution in [3.05, 3.63) is 101 Å². The zero-order valence-corrected chi connectivity index (χ0v) is 26.8. The van der Waals surface area contributed by atoms with Gasteiger partial charge in [0.2, 0.25) is 0 Å². The molecule has 6 aromatic rings. The van der Waals surface area contributed by atoms with Gasteiger partial charge in [-0.2, -0.15) is 10.5 Å². The van der Waals surface area contributed by atoms with Crippen molar-refractivity contribution in [1.29, 1.82) is 10.5 Å². The second-order valence-electron chi connectivity index (χ2n) is 10.5. The highest BCUT2D eigenvalue weighted by Crippen LogP contribution is 2.41. The number of hydrogen-bond donors (Lipinski definition) is 3. The molecule has 0 aliphatic carbocycles. The SMILES string of the molecule is CCOc1cc2ncc(C#N)c(Nc3cc4c(Nc5ccc(OCc6ccccn6)c(Cl)c5)c(C#N)cnc4cc3OCC)c2cc1N. The average Bonchev–Trinajstić information content (AvgIpc) is 3.09. The number of anilines is 5. The molecule has 6 rings (SSSR count). The topological polar surface area (TPSA) is 164 Å². The van der Waals surface area contributed by atoms with Gasteiger partial charge in [0.1, 0.15) is 36.0 Å². The van der Waals surface area contributed by atoms with Crippen molar-refractivity contribution in [1.82, 2.24) is 15.0 Å². The van der Waals surface area contributed by atoms with Crippen LogP contribution in [0.2, 0.25) is 5.02 Å². The van der Waals surface area contributed by atoms with Gasteiger partial charge >= 0.3 is 0 Å². The molecule has 0 saturated carbocycles. The van der Waals surface area contributed by atoms with E-state index < -0.39 is 0 Å². The largest absolute Gasteiger partial charge is 0.492 e. The van der Waals surface area contributed by atoms with Crippen molar-refractivity contribution in [3.63, 3.8) is 0 Å². The Morgan fingerprint density at radius 3 is 2.06 bits per heavy atom. The van der Waals surface area contributed by atoms with Gasteiger partial charge in [-0.05, 0) is 56.3 Å². The summed E-state index contributed by atoms with van der Waals surface area (Å²) in [5.41, 5.74) is 11.5. The number of nitriles is 2. The van der Waals surface area contributed by atoms with Gasteiger partial charge in [0.25, 0.3) is 0 Å². The number of benzene rings is 3. The van der Waals surface area contributed by atoms with Gasteiger partial charge in [0, 0.05) is 47.2 Å². The first-order chi connectivity index (χ1) is 23.4. The summed E-state index contributed by atoms with van der Waals surface area (Å²) in [6.07, 6.45) is 4.70. The maximum atomic E-state index is 10.1. The predicted molar refractivity (Wildman–Crippen MR) is 186 cm³/mol. The van der Waals surface area contributed by atoms with Crippen LogP contribution in [0.15, 0.2) is 79.3 Å². The minimum atomic E-state index is 0.263. The second kappa shape index (κ2) is 14.0. The molecular weight excluding hydrogens is 628 g/mol. The Labute approximate surface area is 281 Å². The van der Waals surface area contributed by atoms with Crippen molar-refractivity contribution in [2.24, 2.45) is 0 Å². The highest BCUT2D eigenvalue weighted by atomic mass is 35.5. The van der Waals surface area contributed by atoms with Crippen LogP contribution in [-0.4, -0.2) is 28.2 Å². The fraction of sp³-hybridized carbons (Fsp3) is 0.139. The molecular formula is C36H29ClN8O3. The van der Waals surface area contributed by atoms with E-state index in [-0.39, 0.29) is 6.61 Å². The number of fused-ring (bicyclic) bond motifs is 2. The van der Waals surface area contributed by atoms with Crippen LogP contribution < -0.4 is 30.6 Å². The summed E-state index contributed by atoms with van der Waals surface area (Å²) in [6.45, 7) is 4.83. The van der Waals surface area contributed by atoms with E-state index in [1.54, 1.807) is 36.5 Å². The summed E-state index contributed by atoms with van der Waals surface area (Å²) >= 11 is 6.60. The summed E-state index contributed by atoms with van der Waals surface area (Å²) in [4.78, 5) is 13.3. The summed E-state index contributed by atoms with van der Waals surface area (Å²) in [7, 11) is 0. The van der Waals surface area contributed by atoms with Crippen molar-refractivity contribution in [2.45, 2.75) is 20.5 Å². The number of hydrogen-bond acceptors (Lipinski definition) is 11. The van der Waals surface area contributed by atoms with Gasteiger partial charge in [0.05, 0.1) is 68.8 Å².